The standard InChI is InChI=1S/C21H24N2O3/c1-2-3-13-25-14-7-12-22-21(24)17-10-11-19-18(15-17)20(26-23-19)16-8-5-4-6-9-16/h4-6,8-11,15H,2-3,7,12-14H2,1H3,(H,22,24). The Hall–Kier alpha value is -2.66. The van der Waals surface area contributed by atoms with Crippen molar-refractivity contribution in [3.05, 3.63) is 54.1 Å². The van der Waals surface area contributed by atoms with Crippen LogP contribution >= 0.6 is 0 Å². The minimum Gasteiger partial charge on any atom is -0.381 e. The third kappa shape index (κ3) is 4.49. The van der Waals surface area contributed by atoms with Crippen LogP contribution in [0.5, 0.6) is 0 Å². The van der Waals surface area contributed by atoms with E-state index >= 15 is 0 Å². The Balaban J connectivity index is 1.62. The number of ether oxygens (including phenoxy) is 1. The molecule has 0 aliphatic heterocycles. The average Bonchev–Trinajstić information content (AvgIpc) is 3.11. The Morgan fingerprint density at radius 1 is 1.12 bits per heavy atom. The zero-order valence-electron chi connectivity index (χ0n) is 15.0. The molecule has 1 heterocycles. The maximum absolute atomic E-state index is 12.4. The number of fused-ring (bicyclic) bond motifs is 1. The highest BCUT2D eigenvalue weighted by Gasteiger charge is 2.13. The van der Waals surface area contributed by atoms with Gasteiger partial charge in [-0.25, -0.2) is 0 Å². The quantitative estimate of drug-likeness (QED) is 0.579. The Morgan fingerprint density at radius 2 is 1.92 bits per heavy atom. The van der Waals surface area contributed by atoms with Crippen molar-refractivity contribution in [1.82, 2.24) is 10.5 Å². The van der Waals surface area contributed by atoms with Crippen molar-refractivity contribution in [2.24, 2.45) is 0 Å². The average molecular weight is 352 g/mol. The Morgan fingerprint density at radius 3 is 2.73 bits per heavy atom. The number of unbranched alkanes of at least 4 members (excludes halogenated alkanes) is 1. The monoisotopic (exact) mass is 352 g/mol. The van der Waals surface area contributed by atoms with Crippen molar-refractivity contribution in [1.29, 1.82) is 0 Å². The summed E-state index contributed by atoms with van der Waals surface area (Å²) in [6, 6.07) is 15.2. The predicted molar refractivity (Wildman–Crippen MR) is 102 cm³/mol. The summed E-state index contributed by atoms with van der Waals surface area (Å²) in [6.45, 7) is 4.19. The number of hydrogen-bond acceptors (Lipinski definition) is 4. The number of carbonyl (C=O) groups excluding carboxylic acids is 1. The molecule has 0 saturated carbocycles. The van der Waals surface area contributed by atoms with E-state index in [4.69, 9.17) is 9.26 Å². The molecule has 0 spiro atoms. The van der Waals surface area contributed by atoms with Crippen LogP contribution in [-0.4, -0.2) is 30.8 Å². The third-order valence-corrected chi connectivity index (χ3v) is 4.17. The van der Waals surface area contributed by atoms with Crippen molar-refractivity contribution in [2.75, 3.05) is 19.8 Å². The molecule has 3 rings (SSSR count). The molecule has 0 fully saturated rings. The lowest BCUT2D eigenvalue weighted by Crippen LogP contribution is -2.25. The van der Waals surface area contributed by atoms with Gasteiger partial charge in [-0.1, -0.05) is 48.8 Å². The topological polar surface area (TPSA) is 64.4 Å². The van der Waals surface area contributed by atoms with E-state index in [0.29, 0.717) is 24.5 Å². The number of hydrogen-bond donors (Lipinski definition) is 1. The summed E-state index contributed by atoms with van der Waals surface area (Å²) < 4.78 is 11.0. The van der Waals surface area contributed by atoms with Crippen molar-refractivity contribution in [3.8, 4) is 11.3 Å². The van der Waals surface area contributed by atoms with Gasteiger partial charge >= 0.3 is 0 Å². The third-order valence-electron chi connectivity index (χ3n) is 4.17. The van der Waals surface area contributed by atoms with Crippen molar-refractivity contribution < 1.29 is 14.1 Å². The van der Waals surface area contributed by atoms with Crippen LogP contribution in [0.15, 0.2) is 53.1 Å². The van der Waals surface area contributed by atoms with Gasteiger partial charge in [0.25, 0.3) is 5.91 Å². The molecule has 1 N–H and O–H groups in total. The van der Waals surface area contributed by atoms with Crippen LogP contribution in [0.2, 0.25) is 0 Å². The lowest BCUT2D eigenvalue weighted by atomic mass is 10.1. The minimum absolute atomic E-state index is 0.0966. The fraction of sp³-hybridized carbons (Fsp3) is 0.333. The fourth-order valence-electron chi connectivity index (χ4n) is 2.71. The molecule has 3 aromatic rings. The first kappa shape index (κ1) is 18.1. The maximum atomic E-state index is 12.4. The highest BCUT2D eigenvalue weighted by molar-refractivity contribution is 6.00. The van der Waals surface area contributed by atoms with Crippen molar-refractivity contribution in [3.63, 3.8) is 0 Å². The molecule has 0 atom stereocenters. The Bertz CT molecular complexity index is 843. The lowest BCUT2D eigenvalue weighted by molar-refractivity contribution is 0.0940. The highest BCUT2D eigenvalue weighted by Crippen LogP contribution is 2.29. The maximum Gasteiger partial charge on any atom is 0.251 e. The summed E-state index contributed by atoms with van der Waals surface area (Å²) in [7, 11) is 0. The van der Waals surface area contributed by atoms with Gasteiger partial charge in [-0.05, 0) is 31.0 Å². The van der Waals surface area contributed by atoms with E-state index in [2.05, 4.69) is 17.4 Å². The van der Waals surface area contributed by atoms with Gasteiger partial charge in [0.15, 0.2) is 5.76 Å². The van der Waals surface area contributed by atoms with E-state index in [0.717, 1.165) is 42.3 Å². The number of carbonyl (C=O) groups is 1. The van der Waals surface area contributed by atoms with Gasteiger partial charge in [0.1, 0.15) is 5.52 Å². The summed E-state index contributed by atoms with van der Waals surface area (Å²) in [5.74, 6) is 0.584. The number of benzene rings is 2. The molecule has 0 saturated heterocycles. The van der Waals surface area contributed by atoms with E-state index < -0.39 is 0 Å². The largest absolute Gasteiger partial charge is 0.381 e. The molecule has 0 bridgehead atoms. The second kappa shape index (κ2) is 9.15. The number of aromatic nitrogens is 1. The Kier molecular flexibility index (Phi) is 6.39. The Labute approximate surface area is 153 Å². The van der Waals surface area contributed by atoms with Gasteiger partial charge < -0.3 is 14.6 Å². The van der Waals surface area contributed by atoms with Crippen LogP contribution in [-0.2, 0) is 4.74 Å². The van der Waals surface area contributed by atoms with Gasteiger partial charge in [-0.2, -0.15) is 0 Å². The molecule has 0 unspecified atom stereocenters. The highest BCUT2D eigenvalue weighted by atomic mass is 16.5. The normalized spacial score (nSPS) is 11.0. The zero-order chi connectivity index (χ0) is 18.2. The van der Waals surface area contributed by atoms with Gasteiger partial charge in [-0.3, -0.25) is 4.79 Å². The summed E-state index contributed by atoms with van der Waals surface area (Å²) in [5.41, 5.74) is 2.28. The molecule has 136 valence electrons. The molecule has 0 radical (unpaired) electrons. The summed E-state index contributed by atoms with van der Waals surface area (Å²) in [5, 5.41) is 7.86. The van der Waals surface area contributed by atoms with Crippen LogP contribution in [0, 0.1) is 0 Å². The molecular weight excluding hydrogens is 328 g/mol. The van der Waals surface area contributed by atoms with Gasteiger partial charge in [0.05, 0.1) is 5.39 Å². The molecule has 1 aromatic heterocycles. The smallest absolute Gasteiger partial charge is 0.251 e. The van der Waals surface area contributed by atoms with E-state index in [9.17, 15) is 4.79 Å². The first-order chi connectivity index (χ1) is 12.8. The molecule has 5 nitrogen and oxygen atoms in total. The first-order valence-electron chi connectivity index (χ1n) is 9.10. The number of nitrogens with one attached hydrogen (secondary N) is 1. The second-order valence-electron chi connectivity index (χ2n) is 6.19. The number of amides is 1. The molecule has 2 aromatic carbocycles. The fourth-order valence-corrected chi connectivity index (χ4v) is 2.71. The van der Waals surface area contributed by atoms with E-state index in [1.165, 1.54) is 0 Å². The molecule has 26 heavy (non-hydrogen) atoms. The van der Waals surface area contributed by atoms with E-state index in [1.54, 1.807) is 6.07 Å². The summed E-state index contributed by atoms with van der Waals surface area (Å²) in [4.78, 5) is 12.4. The second-order valence-corrected chi connectivity index (χ2v) is 6.19. The molecular formula is C21H24N2O3. The van der Waals surface area contributed by atoms with E-state index in [1.807, 2.05) is 42.5 Å². The van der Waals surface area contributed by atoms with Gasteiger partial charge in [0, 0.05) is 30.9 Å². The summed E-state index contributed by atoms with van der Waals surface area (Å²) >= 11 is 0. The number of nitrogens with zero attached hydrogens (tertiary/aromatic N) is 1. The SMILES string of the molecule is CCCCOCCCNC(=O)c1ccc2noc(-c3ccccc3)c2c1. The van der Waals surface area contributed by atoms with Gasteiger partial charge in [0.2, 0.25) is 0 Å². The number of rotatable bonds is 9. The minimum atomic E-state index is -0.0966. The predicted octanol–water partition coefficient (Wildman–Crippen LogP) is 4.43. The zero-order valence-corrected chi connectivity index (χ0v) is 15.0. The van der Waals surface area contributed by atoms with Crippen LogP contribution in [0.25, 0.3) is 22.2 Å². The van der Waals surface area contributed by atoms with Gasteiger partial charge in [-0.15, -0.1) is 0 Å². The van der Waals surface area contributed by atoms with Crippen molar-refractivity contribution in [2.45, 2.75) is 26.2 Å². The lowest BCUT2D eigenvalue weighted by Gasteiger charge is -2.06. The van der Waals surface area contributed by atoms with Crippen LogP contribution < -0.4 is 5.32 Å². The molecule has 0 aliphatic carbocycles. The molecule has 5 heteroatoms. The molecule has 0 aliphatic rings. The van der Waals surface area contributed by atoms with Crippen molar-refractivity contribution >= 4 is 16.8 Å². The van der Waals surface area contributed by atoms with Crippen LogP contribution in [0.3, 0.4) is 0 Å². The first-order valence-corrected chi connectivity index (χ1v) is 9.10. The summed E-state index contributed by atoms with van der Waals surface area (Å²) in [6.07, 6.45) is 3.02. The molecule has 1 amide bonds. The van der Waals surface area contributed by atoms with Crippen LogP contribution in [0.4, 0.5) is 0 Å². The van der Waals surface area contributed by atoms with E-state index in [-0.39, 0.29) is 5.91 Å². The van der Waals surface area contributed by atoms with Crippen LogP contribution in [0.1, 0.15) is 36.5 Å².